The molecule has 1 aliphatic rings. The lowest BCUT2D eigenvalue weighted by atomic mass is 10.1. The van der Waals surface area contributed by atoms with Crippen molar-refractivity contribution in [1.82, 2.24) is 4.57 Å². The molecule has 1 aliphatic heterocycles. The summed E-state index contributed by atoms with van der Waals surface area (Å²) in [5.41, 5.74) is 3.39. The largest absolute Gasteiger partial charge is 0.494 e. The quantitative estimate of drug-likeness (QED) is 0.197. The van der Waals surface area contributed by atoms with Crippen molar-refractivity contribution in [3.05, 3.63) is 99.8 Å². The van der Waals surface area contributed by atoms with Gasteiger partial charge in [0.2, 0.25) is 0 Å². The smallest absolute Gasteiger partial charge is 0.270 e. The van der Waals surface area contributed by atoms with Crippen LogP contribution in [0.1, 0.15) is 18.1 Å². The van der Waals surface area contributed by atoms with Gasteiger partial charge in [-0.25, -0.2) is 4.39 Å². The highest BCUT2D eigenvalue weighted by Crippen LogP contribution is 2.38. The number of rotatable bonds is 6. The molecule has 0 unspecified atom stereocenters. The summed E-state index contributed by atoms with van der Waals surface area (Å²) >= 11 is 13.1. The van der Waals surface area contributed by atoms with Gasteiger partial charge in [-0.15, -0.1) is 0 Å². The zero-order chi connectivity index (χ0) is 24.5. The van der Waals surface area contributed by atoms with Gasteiger partial charge in [0.25, 0.3) is 5.91 Å². The second-order valence-corrected chi connectivity index (χ2v) is 9.99. The molecule has 176 valence electrons. The van der Waals surface area contributed by atoms with Gasteiger partial charge < -0.3 is 9.30 Å². The Kier molecular flexibility index (Phi) is 6.65. The number of hydrogen-bond acceptors (Lipinski definition) is 4. The summed E-state index contributed by atoms with van der Waals surface area (Å²) < 4.78 is 21.5. The first-order chi connectivity index (χ1) is 16.9. The Morgan fingerprint density at radius 1 is 1.11 bits per heavy atom. The van der Waals surface area contributed by atoms with Crippen molar-refractivity contribution in [3.8, 4) is 5.75 Å². The maximum Gasteiger partial charge on any atom is 0.270 e. The molecule has 0 spiro atoms. The molecule has 8 heteroatoms. The van der Waals surface area contributed by atoms with E-state index in [1.165, 1.54) is 23.9 Å². The van der Waals surface area contributed by atoms with E-state index in [4.69, 9.17) is 28.6 Å². The maximum atomic E-state index is 13.5. The molecule has 3 aromatic carbocycles. The number of thioether (sulfide) groups is 1. The normalized spacial score (nSPS) is 14.9. The van der Waals surface area contributed by atoms with E-state index >= 15 is 0 Å². The first kappa shape index (κ1) is 23.6. The van der Waals surface area contributed by atoms with Crippen LogP contribution in [-0.4, -0.2) is 21.4 Å². The van der Waals surface area contributed by atoms with Crippen LogP contribution in [0.2, 0.25) is 5.02 Å². The van der Waals surface area contributed by atoms with Crippen molar-refractivity contribution in [2.45, 2.75) is 13.5 Å². The molecule has 0 bridgehead atoms. The number of carbonyl (C=O) groups is 1. The van der Waals surface area contributed by atoms with Gasteiger partial charge in [-0.1, -0.05) is 59.8 Å². The van der Waals surface area contributed by atoms with Crippen molar-refractivity contribution in [2.75, 3.05) is 11.5 Å². The predicted molar refractivity (Wildman–Crippen MR) is 146 cm³/mol. The van der Waals surface area contributed by atoms with Crippen molar-refractivity contribution in [1.29, 1.82) is 0 Å². The lowest BCUT2D eigenvalue weighted by Gasteiger charge is -2.15. The molecule has 1 fully saturated rings. The van der Waals surface area contributed by atoms with Gasteiger partial charge in [-0.3, -0.25) is 9.69 Å². The Morgan fingerprint density at radius 2 is 1.89 bits per heavy atom. The van der Waals surface area contributed by atoms with Crippen LogP contribution in [0.4, 0.5) is 10.1 Å². The zero-order valence-corrected chi connectivity index (χ0v) is 21.1. The third-order valence-corrected chi connectivity index (χ3v) is 7.32. The average Bonchev–Trinajstić information content (AvgIpc) is 3.33. The van der Waals surface area contributed by atoms with Gasteiger partial charge in [-0.05, 0) is 61.0 Å². The number of amides is 1. The van der Waals surface area contributed by atoms with E-state index in [0.717, 1.165) is 27.8 Å². The van der Waals surface area contributed by atoms with E-state index in [1.54, 1.807) is 11.0 Å². The Morgan fingerprint density at radius 3 is 2.63 bits per heavy atom. The lowest BCUT2D eigenvalue weighted by molar-refractivity contribution is -0.113. The fourth-order valence-corrected chi connectivity index (χ4v) is 5.56. The summed E-state index contributed by atoms with van der Waals surface area (Å²) in [7, 11) is 0. The molecule has 5 rings (SSSR count). The summed E-state index contributed by atoms with van der Waals surface area (Å²) in [6, 6.07) is 19.7. The minimum absolute atomic E-state index is 0.164. The van der Waals surface area contributed by atoms with Crippen LogP contribution in [0, 0.1) is 5.82 Å². The van der Waals surface area contributed by atoms with Crippen molar-refractivity contribution >= 4 is 68.5 Å². The van der Waals surface area contributed by atoms with Crippen LogP contribution in [0.15, 0.2) is 77.8 Å². The Balaban J connectivity index is 1.48. The fourth-order valence-electron chi connectivity index (χ4n) is 4.04. The van der Waals surface area contributed by atoms with Crippen LogP contribution in [-0.2, 0) is 11.3 Å². The summed E-state index contributed by atoms with van der Waals surface area (Å²) in [5, 5.41) is 1.37. The highest BCUT2D eigenvalue weighted by Gasteiger charge is 2.33. The van der Waals surface area contributed by atoms with Crippen molar-refractivity contribution in [3.63, 3.8) is 0 Å². The minimum Gasteiger partial charge on any atom is -0.494 e. The van der Waals surface area contributed by atoms with Gasteiger partial charge in [0, 0.05) is 34.2 Å². The lowest BCUT2D eigenvalue weighted by Crippen LogP contribution is -2.27. The number of anilines is 1. The molecule has 4 nitrogen and oxygen atoms in total. The number of halogens is 2. The molecule has 2 heterocycles. The van der Waals surface area contributed by atoms with Gasteiger partial charge >= 0.3 is 0 Å². The third kappa shape index (κ3) is 4.72. The summed E-state index contributed by atoms with van der Waals surface area (Å²) in [4.78, 5) is 15.4. The second kappa shape index (κ2) is 9.85. The maximum absolute atomic E-state index is 13.5. The molecular weight excluding hydrogens is 503 g/mol. The minimum atomic E-state index is -0.369. The summed E-state index contributed by atoms with van der Waals surface area (Å²) in [5.74, 6) is 0.209. The number of nitrogens with zero attached hydrogens (tertiary/aromatic N) is 2. The Labute approximate surface area is 216 Å². The molecule has 1 amide bonds. The zero-order valence-electron chi connectivity index (χ0n) is 18.7. The number of para-hydroxylation sites is 1. The van der Waals surface area contributed by atoms with Gasteiger partial charge in [0.05, 0.1) is 17.2 Å². The van der Waals surface area contributed by atoms with Crippen molar-refractivity contribution < 1.29 is 13.9 Å². The molecule has 1 aromatic heterocycles. The topological polar surface area (TPSA) is 34.5 Å². The van der Waals surface area contributed by atoms with E-state index in [2.05, 4.69) is 0 Å². The molecule has 0 saturated carbocycles. The van der Waals surface area contributed by atoms with Gasteiger partial charge in [-0.2, -0.15) is 0 Å². The fraction of sp³-hybridized carbons (Fsp3) is 0.111. The molecule has 0 atom stereocenters. The summed E-state index contributed by atoms with van der Waals surface area (Å²) in [6.07, 6.45) is 3.85. The van der Waals surface area contributed by atoms with Crippen LogP contribution < -0.4 is 9.64 Å². The van der Waals surface area contributed by atoms with Crippen LogP contribution in [0.3, 0.4) is 0 Å². The number of fused-ring (bicyclic) bond motifs is 1. The van der Waals surface area contributed by atoms with Crippen LogP contribution >= 0.6 is 35.6 Å². The molecular formula is C27H20ClFN2O2S2. The second-order valence-electron chi connectivity index (χ2n) is 7.91. The summed E-state index contributed by atoms with van der Waals surface area (Å²) in [6.45, 7) is 2.97. The van der Waals surface area contributed by atoms with Crippen molar-refractivity contribution in [2.24, 2.45) is 0 Å². The van der Waals surface area contributed by atoms with E-state index in [-0.39, 0.29) is 11.7 Å². The number of hydrogen-bond donors (Lipinski definition) is 0. The molecule has 1 saturated heterocycles. The van der Waals surface area contributed by atoms with E-state index in [0.29, 0.717) is 33.1 Å². The molecule has 0 aliphatic carbocycles. The Hall–Kier alpha value is -3.13. The number of ether oxygens (including phenoxy) is 1. The SMILES string of the molecule is CCOc1ccc(N2C(=O)/C(=C/c3cn(Cc4ccc(F)cc4Cl)c4ccccc34)SC2=S)cc1. The molecule has 35 heavy (non-hydrogen) atoms. The molecule has 4 aromatic rings. The third-order valence-electron chi connectivity index (χ3n) is 5.66. The standard InChI is InChI=1S/C27H20ClFN2O2S2/c1-2-33-21-11-9-20(10-12-21)31-26(32)25(35-27(31)34)13-18-16-30(24-6-4-3-5-22(18)24)15-17-7-8-19(29)14-23(17)28/h3-14,16H,2,15H2,1H3/b25-13-. The number of thiocarbonyl (C=S) groups is 1. The highest BCUT2D eigenvalue weighted by atomic mass is 35.5. The number of aromatic nitrogens is 1. The molecule has 0 N–H and O–H groups in total. The predicted octanol–water partition coefficient (Wildman–Crippen LogP) is 7.29. The average molecular weight is 523 g/mol. The van der Waals surface area contributed by atoms with E-state index < -0.39 is 0 Å². The van der Waals surface area contributed by atoms with Crippen LogP contribution in [0.5, 0.6) is 5.75 Å². The number of benzene rings is 3. The van der Waals surface area contributed by atoms with Crippen LogP contribution in [0.25, 0.3) is 17.0 Å². The first-order valence-corrected chi connectivity index (χ1v) is 12.6. The van der Waals surface area contributed by atoms with Gasteiger partial charge in [0.15, 0.2) is 4.32 Å². The molecule has 0 radical (unpaired) electrons. The monoisotopic (exact) mass is 522 g/mol. The highest BCUT2D eigenvalue weighted by molar-refractivity contribution is 8.27. The van der Waals surface area contributed by atoms with Gasteiger partial charge in [0.1, 0.15) is 11.6 Å². The van der Waals surface area contributed by atoms with E-state index in [9.17, 15) is 9.18 Å². The Bertz CT molecular complexity index is 1480. The number of carbonyl (C=O) groups excluding carboxylic acids is 1. The van der Waals surface area contributed by atoms with E-state index in [1.807, 2.05) is 72.3 Å². The first-order valence-electron chi connectivity index (χ1n) is 11.0.